The van der Waals surface area contributed by atoms with Crippen LogP contribution >= 0.6 is 0 Å². The molecule has 0 atom stereocenters. The SMILES string of the molecule is CCCCN(CCCC)CCCCc1ccc2ccccc2c1O. The molecule has 132 valence electrons. The second-order valence-electron chi connectivity index (χ2n) is 6.80. The molecule has 2 rings (SSSR count). The molecule has 0 spiro atoms. The average molecular weight is 328 g/mol. The molecule has 0 aliphatic carbocycles. The van der Waals surface area contributed by atoms with E-state index in [1.807, 2.05) is 18.2 Å². The van der Waals surface area contributed by atoms with Gasteiger partial charge in [0.25, 0.3) is 0 Å². The number of aryl methyl sites for hydroxylation is 1. The van der Waals surface area contributed by atoms with Crippen LogP contribution in [0.1, 0.15) is 57.9 Å². The zero-order valence-corrected chi connectivity index (χ0v) is 15.4. The van der Waals surface area contributed by atoms with Crippen molar-refractivity contribution >= 4 is 10.8 Å². The van der Waals surface area contributed by atoms with E-state index in [9.17, 15) is 5.11 Å². The van der Waals surface area contributed by atoms with Gasteiger partial charge in [-0.25, -0.2) is 0 Å². The summed E-state index contributed by atoms with van der Waals surface area (Å²) in [7, 11) is 0. The number of rotatable bonds is 11. The number of phenols is 1. The van der Waals surface area contributed by atoms with Crippen LogP contribution in [-0.4, -0.2) is 29.6 Å². The highest BCUT2D eigenvalue weighted by Gasteiger charge is 2.07. The number of aromatic hydroxyl groups is 1. The maximum absolute atomic E-state index is 10.5. The number of fused-ring (bicyclic) bond motifs is 1. The summed E-state index contributed by atoms with van der Waals surface area (Å²) in [5.74, 6) is 0.474. The predicted octanol–water partition coefficient (Wildman–Crippen LogP) is 5.77. The molecular weight excluding hydrogens is 294 g/mol. The first kappa shape index (κ1) is 18.8. The summed E-state index contributed by atoms with van der Waals surface area (Å²) < 4.78 is 0. The van der Waals surface area contributed by atoms with E-state index in [1.54, 1.807) is 0 Å². The molecule has 2 aromatic rings. The zero-order valence-electron chi connectivity index (χ0n) is 15.4. The fraction of sp³-hybridized carbons (Fsp3) is 0.545. The number of hydrogen-bond donors (Lipinski definition) is 1. The van der Waals surface area contributed by atoms with Gasteiger partial charge in [0.1, 0.15) is 5.75 Å². The highest BCUT2D eigenvalue weighted by Crippen LogP contribution is 2.29. The summed E-state index contributed by atoms with van der Waals surface area (Å²) in [6.07, 6.45) is 8.46. The Hall–Kier alpha value is -1.54. The normalized spacial score (nSPS) is 11.5. The minimum absolute atomic E-state index is 0.474. The first-order valence-electron chi connectivity index (χ1n) is 9.68. The van der Waals surface area contributed by atoms with E-state index in [-0.39, 0.29) is 0 Å². The van der Waals surface area contributed by atoms with Crippen LogP contribution in [-0.2, 0) is 6.42 Å². The van der Waals surface area contributed by atoms with Gasteiger partial charge in [0.05, 0.1) is 0 Å². The Morgan fingerprint density at radius 2 is 1.46 bits per heavy atom. The second-order valence-corrected chi connectivity index (χ2v) is 6.80. The highest BCUT2D eigenvalue weighted by atomic mass is 16.3. The van der Waals surface area contributed by atoms with E-state index in [1.165, 1.54) is 51.7 Å². The monoisotopic (exact) mass is 327 g/mol. The van der Waals surface area contributed by atoms with Crippen molar-refractivity contribution in [3.05, 3.63) is 42.0 Å². The van der Waals surface area contributed by atoms with Crippen molar-refractivity contribution in [1.29, 1.82) is 0 Å². The number of phenolic OH excluding ortho intramolecular Hbond substituents is 1. The minimum atomic E-state index is 0.474. The first-order valence-corrected chi connectivity index (χ1v) is 9.68. The summed E-state index contributed by atoms with van der Waals surface area (Å²) in [5.41, 5.74) is 1.09. The summed E-state index contributed by atoms with van der Waals surface area (Å²) in [6.45, 7) is 8.19. The first-order chi connectivity index (χ1) is 11.8. The Morgan fingerprint density at radius 1 is 0.792 bits per heavy atom. The van der Waals surface area contributed by atoms with Crippen molar-refractivity contribution in [2.24, 2.45) is 0 Å². The van der Waals surface area contributed by atoms with Crippen molar-refractivity contribution in [3.63, 3.8) is 0 Å². The largest absolute Gasteiger partial charge is 0.507 e. The third-order valence-corrected chi connectivity index (χ3v) is 4.81. The van der Waals surface area contributed by atoms with E-state index in [0.29, 0.717) is 5.75 Å². The van der Waals surface area contributed by atoms with Crippen LogP contribution < -0.4 is 0 Å². The maximum atomic E-state index is 10.5. The molecule has 1 N–H and O–H groups in total. The summed E-state index contributed by atoms with van der Waals surface area (Å²) in [4.78, 5) is 2.62. The lowest BCUT2D eigenvalue weighted by Gasteiger charge is -2.21. The molecule has 0 bridgehead atoms. The molecule has 0 aliphatic heterocycles. The lowest BCUT2D eigenvalue weighted by Crippen LogP contribution is -2.27. The topological polar surface area (TPSA) is 23.5 Å². The number of benzene rings is 2. The van der Waals surface area contributed by atoms with Crippen molar-refractivity contribution in [1.82, 2.24) is 4.90 Å². The number of nitrogens with zero attached hydrogens (tertiary/aromatic N) is 1. The van der Waals surface area contributed by atoms with Gasteiger partial charge in [-0.15, -0.1) is 0 Å². The van der Waals surface area contributed by atoms with Crippen molar-refractivity contribution in [2.45, 2.75) is 58.8 Å². The second kappa shape index (κ2) is 10.4. The molecular formula is C22H33NO. The molecule has 2 heteroatoms. The van der Waals surface area contributed by atoms with Crippen LogP contribution in [0.25, 0.3) is 10.8 Å². The Kier molecular flexibility index (Phi) is 8.11. The molecule has 0 saturated carbocycles. The third-order valence-electron chi connectivity index (χ3n) is 4.81. The molecule has 0 amide bonds. The fourth-order valence-electron chi connectivity index (χ4n) is 3.25. The van der Waals surface area contributed by atoms with E-state index < -0.39 is 0 Å². The summed E-state index contributed by atoms with van der Waals surface area (Å²) >= 11 is 0. The molecule has 0 unspecified atom stereocenters. The smallest absolute Gasteiger partial charge is 0.126 e. The van der Waals surface area contributed by atoms with Crippen LogP contribution in [0.4, 0.5) is 0 Å². The van der Waals surface area contributed by atoms with Gasteiger partial charge in [-0.2, -0.15) is 0 Å². The molecule has 0 fully saturated rings. The Labute approximate surface area is 147 Å². The van der Waals surface area contributed by atoms with Crippen LogP contribution in [0.15, 0.2) is 36.4 Å². The maximum Gasteiger partial charge on any atom is 0.126 e. The predicted molar refractivity (Wildman–Crippen MR) is 105 cm³/mol. The Morgan fingerprint density at radius 3 is 2.17 bits per heavy atom. The summed E-state index contributed by atoms with van der Waals surface area (Å²) in [6, 6.07) is 12.3. The van der Waals surface area contributed by atoms with Gasteiger partial charge in [-0.05, 0) is 62.7 Å². The number of unbranched alkanes of at least 4 members (excludes halogenated alkanes) is 3. The van der Waals surface area contributed by atoms with Gasteiger partial charge in [0.15, 0.2) is 0 Å². The van der Waals surface area contributed by atoms with Gasteiger partial charge in [-0.3, -0.25) is 0 Å². The fourth-order valence-corrected chi connectivity index (χ4v) is 3.25. The lowest BCUT2D eigenvalue weighted by molar-refractivity contribution is 0.260. The molecule has 24 heavy (non-hydrogen) atoms. The van der Waals surface area contributed by atoms with Crippen LogP contribution in [0.2, 0.25) is 0 Å². The Bertz CT molecular complexity index is 600. The molecule has 2 nitrogen and oxygen atoms in total. The van der Waals surface area contributed by atoms with Gasteiger partial charge < -0.3 is 10.0 Å². The Balaban J connectivity index is 1.83. The van der Waals surface area contributed by atoms with Crippen LogP contribution in [0.3, 0.4) is 0 Å². The van der Waals surface area contributed by atoms with Crippen molar-refractivity contribution in [3.8, 4) is 5.75 Å². The molecule has 0 aliphatic rings. The van der Waals surface area contributed by atoms with Gasteiger partial charge in [-0.1, -0.05) is 63.1 Å². The molecule has 0 saturated heterocycles. The summed E-state index contributed by atoms with van der Waals surface area (Å²) in [5, 5.41) is 12.6. The van der Waals surface area contributed by atoms with E-state index in [4.69, 9.17) is 0 Å². The standard InChI is InChI=1S/C22H33NO/c1-3-5-16-23(17-6-4-2)18-10-9-12-20-15-14-19-11-7-8-13-21(19)22(20)24/h7-8,11,13-15,24H,3-6,9-10,12,16-18H2,1-2H3. The van der Waals surface area contributed by atoms with E-state index >= 15 is 0 Å². The highest BCUT2D eigenvalue weighted by molar-refractivity contribution is 5.89. The van der Waals surface area contributed by atoms with Gasteiger partial charge in [0.2, 0.25) is 0 Å². The minimum Gasteiger partial charge on any atom is -0.507 e. The third kappa shape index (κ3) is 5.52. The lowest BCUT2D eigenvalue weighted by atomic mass is 10.0. The molecule has 0 aromatic heterocycles. The average Bonchev–Trinajstić information content (AvgIpc) is 2.62. The van der Waals surface area contributed by atoms with Crippen molar-refractivity contribution < 1.29 is 5.11 Å². The van der Waals surface area contributed by atoms with E-state index in [2.05, 4.69) is 36.9 Å². The van der Waals surface area contributed by atoms with Crippen molar-refractivity contribution in [2.75, 3.05) is 19.6 Å². The zero-order chi connectivity index (χ0) is 17.2. The van der Waals surface area contributed by atoms with Gasteiger partial charge >= 0.3 is 0 Å². The van der Waals surface area contributed by atoms with E-state index in [0.717, 1.165) is 29.2 Å². The molecule has 0 radical (unpaired) electrons. The van der Waals surface area contributed by atoms with Crippen LogP contribution in [0.5, 0.6) is 5.75 Å². The number of hydrogen-bond acceptors (Lipinski definition) is 2. The molecule has 2 aromatic carbocycles. The van der Waals surface area contributed by atoms with Gasteiger partial charge in [0, 0.05) is 5.39 Å². The quantitative estimate of drug-likeness (QED) is 0.530. The molecule has 0 heterocycles. The van der Waals surface area contributed by atoms with Crippen LogP contribution in [0, 0.1) is 0 Å².